The fourth-order valence-electron chi connectivity index (χ4n) is 1.59. The Bertz CT molecular complexity index is 361. The van der Waals surface area contributed by atoms with Gasteiger partial charge in [-0.1, -0.05) is 27.2 Å². The van der Waals surface area contributed by atoms with Gasteiger partial charge in [0, 0.05) is 11.6 Å². The summed E-state index contributed by atoms with van der Waals surface area (Å²) in [6.07, 6.45) is 3.52. The quantitative estimate of drug-likeness (QED) is 0.824. The van der Waals surface area contributed by atoms with Gasteiger partial charge in [0.2, 0.25) is 5.82 Å². The van der Waals surface area contributed by atoms with Crippen molar-refractivity contribution in [2.45, 2.75) is 39.0 Å². The van der Waals surface area contributed by atoms with E-state index in [-0.39, 0.29) is 11.2 Å². The number of hydrogen-bond donors (Lipinski definition) is 1. The van der Waals surface area contributed by atoms with Crippen LogP contribution in [0.1, 0.15) is 49.9 Å². The molecule has 15 heavy (non-hydrogen) atoms. The summed E-state index contributed by atoms with van der Waals surface area (Å²) in [4.78, 5) is 18.5. The first kappa shape index (κ1) is 11.6. The first-order valence-electron chi connectivity index (χ1n) is 5.04. The summed E-state index contributed by atoms with van der Waals surface area (Å²) in [6.45, 7) is 6.22. The highest BCUT2D eigenvalue weighted by molar-refractivity contribution is 5.82. The number of hydrogen-bond acceptors (Lipinski definition) is 3. The Morgan fingerprint density at radius 3 is 2.73 bits per heavy atom. The molecule has 0 saturated heterocycles. The molecule has 0 aliphatic rings. The van der Waals surface area contributed by atoms with E-state index in [4.69, 9.17) is 5.11 Å². The molecule has 1 aromatic heterocycles. The minimum absolute atomic E-state index is 0.0953. The molecule has 0 saturated carbocycles. The maximum atomic E-state index is 10.7. The molecule has 1 aromatic rings. The third-order valence-electron chi connectivity index (χ3n) is 2.42. The van der Waals surface area contributed by atoms with E-state index in [0.717, 1.165) is 18.5 Å². The number of nitrogens with zero attached hydrogens (tertiary/aromatic N) is 2. The molecule has 82 valence electrons. The number of carboxylic acids is 1. The third-order valence-corrected chi connectivity index (χ3v) is 2.42. The van der Waals surface area contributed by atoms with Crippen molar-refractivity contribution in [1.82, 2.24) is 9.97 Å². The molecule has 0 atom stereocenters. The third kappa shape index (κ3) is 2.75. The van der Waals surface area contributed by atoms with E-state index in [9.17, 15) is 4.79 Å². The first-order valence-corrected chi connectivity index (χ1v) is 5.04. The highest BCUT2D eigenvalue weighted by Gasteiger charge is 2.22. The van der Waals surface area contributed by atoms with E-state index < -0.39 is 5.97 Å². The maximum absolute atomic E-state index is 10.7. The van der Waals surface area contributed by atoms with E-state index in [1.807, 2.05) is 0 Å². The van der Waals surface area contributed by atoms with Crippen LogP contribution in [0.3, 0.4) is 0 Å². The van der Waals surface area contributed by atoms with E-state index in [0.29, 0.717) is 0 Å². The van der Waals surface area contributed by atoms with Crippen LogP contribution in [0.4, 0.5) is 0 Å². The monoisotopic (exact) mass is 208 g/mol. The molecule has 0 unspecified atom stereocenters. The molecule has 1 N–H and O–H groups in total. The lowest BCUT2D eigenvalue weighted by Crippen LogP contribution is -2.20. The van der Waals surface area contributed by atoms with Crippen molar-refractivity contribution in [3.63, 3.8) is 0 Å². The number of carboxylic acid groups (broad SMARTS) is 1. The molecule has 0 amide bonds. The van der Waals surface area contributed by atoms with E-state index in [2.05, 4.69) is 30.7 Å². The SMILES string of the molecule is CCCC(C)(C)c1ccnc(C(=O)O)n1. The molecule has 0 aliphatic carbocycles. The molecule has 0 radical (unpaired) electrons. The zero-order chi connectivity index (χ0) is 11.5. The van der Waals surface area contributed by atoms with Gasteiger partial charge in [-0.3, -0.25) is 0 Å². The first-order chi connectivity index (χ1) is 6.97. The summed E-state index contributed by atoms with van der Waals surface area (Å²) in [5.41, 5.74) is 0.693. The van der Waals surface area contributed by atoms with Crippen molar-refractivity contribution in [1.29, 1.82) is 0 Å². The van der Waals surface area contributed by atoms with Crippen LogP contribution in [0.2, 0.25) is 0 Å². The van der Waals surface area contributed by atoms with Gasteiger partial charge in [-0.25, -0.2) is 14.8 Å². The lowest BCUT2D eigenvalue weighted by atomic mass is 9.84. The van der Waals surface area contributed by atoms with Gasteiger partial charge in [0.05, 0.1) is 5.69 Å². The molecule has 0 fully saturated rings. The van der Waals surface area contributed by atoms with Gasteiger partial charge in [0.25, 0.3) is 0 Å². The van der Waals surface area contributed by atoms with Gasteiger partial charge in [0.15, 0.2) is 0 Å². The molecule has 1 heterocycles. The summed E-state index contributed by atoms with van der Waals surface area (Å²) >= 11 is 0. The highest BCUT2D eigenvalue weighted by Crippen LogP contribution is 2.26. The van der Waals surface area contributed by atoms with Crippen LogP contribution in [0, 0.1) is 0 Å². The average Bonchev–Trinajstić information content (AvgIpc) is 2.18. The zero-order valence-electron chi connectivity index (χ0n) is 9.32. The maximum Gasteiger partial charge on any atom is 0.373 e. The van der Waals surface area contributed by atoms with Gasteiger partial charge >= 0.3 is 5.97 Å². The second kappa shape index (κ2) is 4.38. The molecule has 0 aliphatic heterocycles. The van der Waals surface area contributed by atoms with E-state index in [1.54, 1.807) is 6.07 Å². The van der Waals surface area contributed by atoms with Crippen LogP contribution < -0.4 is 0 Å². The molecule has 0 spiro atoms. The van der Waals surface area contributed by atoms with Gasteiger partial charge in [0.1, 0.15) is 0 Å². The lowest BCUT2D eigenvalue weighted by Gasteiger charge is -2.23. The summed E-state index contributed by atoms with van der Waals surface area (Å²) in [5, 5.41) is 8.78. The summed E-state index contributed by atoms with van der Waals surface area (Å²) in [6, 6.07) is 1.78. The fourth-order valence-corrected chi connectivity index (χ4v) is 1.59. The van der Waals surface area contributed by atoms with Crippen molar-refractivity contribution in [2.75, 3.05) is 0 Å². The van der Waals surface area contributed by atoms with Crippen molar-refractivity contribution >= 4 is 5.97 Å². The van der Waals surface area contributed by atoms with Crippen LogP contribution >= 0.6 is 0 Å². The van der Waals surface area contributed by atoms with Crippen LogP contribution in [-0.4, -0.2) is 21.0 Å². The number of aromatic nitrogens is 2. The minimum Gasteiger partial charge on any atom is -0.475 e. The van der Waals surface area contributed by atoms with Crippen molar-refractivity contribution in [2.24, 2.45) is 0 Å². The summed E-state index contributed by atoms with van der Waals surface area (Å²) in [5.74, 6) is -1.21. The molecular formula is C11H16N2O2. The van der Waals surface area contributed by atoms with Crippen LogP contribution in [0.15, 0.2) is 12.3 Å². The second-order valence-corrected chi connectivity index (χ2v) is 4.20. The smallest absolute Gasteiger partial charge is 0.373 e. The van der Waals surface area contributed by atoms with E-state index >= 15 is 0 Å². The number of aromatic carboxylic acids is 1. The van der Waals surface area contributed by atoms with Crippen LogP contribution in [0.5, 0.6) is 0 Å². The standard InChI is InChI=1S/C11H16N2O2/c1-4-6-11(2,3)8-5-7-12-9(13-8)10(14)15/h5,7H,4,6H2,1-3H3,(H,14,15). The Morgan fingerprint density at radius 1 is 1.53 bits per heavy atom. The van der Waals surface area contributed by atoms with Crippen molar-refractivity contribution < 1.29 is 9.90 Å². The zero-order valence-corrected chi connectivity index (χ0v) is 9.32. The van der Waals surface area contributed by atoms with Gasteiger partial charge in [-0.05, 0) is 12.5 Å². The Morgan fingerprint density at radius 2 is 2.20 bits per heavy atom. The van der Waals surface area contributed by atoms with Gasteiger partial charge in [-0.2, -0.15) is 0 Å². The van der Waals surface area contributed by atoms with Crippen LogP contribution in [0.25, 0.3) is 0 Å². The molecule has 0 aromatic carbocycles. The van der Waals surface area contributed by atoms with Gasteiger partial charge in [-0.15, -0.1) is 0 Å². The van der Waals surface area contributed by atoms with Crippen molar-refractivity contribution in [3.05, 3.63) is 23.8 Å². The summed E-state index contributed by atoms with van der Waals surface area (Å²) in [7, 11) is 0. The molecule has 4 nitrogen and oxygen atoms in total. The highest BCUT2D eigenvalue weighted by atomic mass is 16.4. The molecule has 0 bridgehead atoms. The van der Waals surface area contributed by atoms with E-state index in [1.165, 1.54) is 6.20 Å². The Kier molecular flexibility index (Phi) is 3.39. The molecular weight excluding hydrogens is 192 g/mol. The van der Waals surface area contributed by atoms with Crippen molar-refractivity contribution in [3.8, 4) is 0 Å². The number of rotatable bonds is 4. The summed E-state index contributed by atoms with van der Waals surface area (Å²) < 4.78 is 0. The predicted molar refractivity (Wildman–Crippen MR) is 56.9 cm³/mol. The Balaban J connectivity index is 3.04. The second-order valence-electron chi connectivity index (χ2n) is 4.20. The molecule has 4 heteroatoms. The minimum atomic E-state index is -1.08. The normalized spacial score (nSPS) is 11.4. The van der Waals surface area contributed by atoms with Gasteiger partial charge < -0.3 is 5.11 Å². The molecule has 1 rings (SSSR count). The Hall–Kier alpha value is -1.45. The average molecular weight is 208 g/mol. The van der Waals surface area contributed by atoms with Crippen LogP contribution in [-0.2, 0) is 5.41 Å². The largest absolute Gasteiger partial charge is 0.475 e. The lowest BCUT2D eigenvalue weighted by molar-refractivity contribution is 0.0682. The fraction of sp³-hybridized carbons (Fsp3) is 0.545. The predicted octanol–water partition coefficient (Wildman–Crippen LogP) is 2.25. The Labute approximate surface area is 89.4 Å². The topological polar surface area (TPSA) is 63.1 Å². The number of carbonyl (C=O) groups is 1.